The van der Waals surface area contributed by atoms with E-state index in [2.05, 4.69) is 31.2 Å². The highest BCUT2D eigenvalue weighted by Crippen LogP contribution is 2.38. The summed E-state index contributed by atoms with van der Waals surface area (Å²) in [6.07, 6.45) is 10.5. The van der Waals surface area contributed by atoms with Crippen LogP contribution in [0.4, 0.5) is 0 Å². The third kappa shape index (κ3) is 4.36. The summed E-state index contributed by atoms with van der Waals surface area (Å²) < 4.78 is 5.73. The highest BCUT2D eigenvalue weighted by molar-refractivity contribution is 5.28. The van der Waals surface area contributed by atoms with Gasteiger partial charge in [0.25, 0.3) is 0 Å². The quantitative estimate of drug-likeness (QED) is 0.827. The largest absolute Gasteiger partial charge is 0.394 e. The highest BCUT2D eigenvalue weighted by atomic mass is 16.5. The standard InChI is InChI=1S/C21H32O2/c1-2-3-16-4-6-17(7-5-16)18-8-10-19(11-9-18)20-12-13-21(14-22)23-15-20/h8-11,16-17,20-22H,2-7,12-15H2,1H3. The van der Waals surface area contributed by atoms with E-state index in [1.54, 1.807) is 0 Å². The van der Waals surface area contributed by atoms with E-state index in [-0.39, 0.29) is 12.7 Å². The van der Waals surface area contributed by atoms with Gasteiger partial charge in [-0.25, -0.2) is 0 Å². The first kappa shape index (κ1) is 17.0. The van der Waals surface area contributed by atoms with E-state index in [0.717, 1.165) is 31.3 Å². The molecule has 1 saturated heterocycles. The molecule has 2 fully saturated rings. The maximum absolute atomic E-state index is 9.16. The van der Waals surface area contributed by atoms with Crippen molar-refractivity contribution in [3.8, 4) is 0 Å². The Kier molecular flexibility index (Phi) is 6.13. The molecular weight excluding hydrogens is 284 g/mol. The van der Waals surface area contributed by atoms with Gasteiger partial charge in [-0.1, -0.05) is 44.0 Å². The Labute approximate surface area is 141 Å². The molecule has 1 saturated carbocycles. The zero-order valence-electron chi connectivity index (χ0n) is 14.5. The van der Waals surface area contributed by atoms with Gasteiger partial charge < -0.3 is 9.84 Å². The van der Waals surface area contributed by atoms with E-state index in [4.69, 9.17) is 9.84 Å². The molecule has 1 aromatic rings. The van der Waals surface area contributed by atoms with Crippen LogP contribution in [0.3, 0.4) is 0 Å². The van der Waals surface area contributed by atoms with E-state index >= 15 is 0 Å². The number of hydrogen-bond donors (Lipinski definition) is 1. The van der Waals surface area contributed by atoms with E-state index in [0.29, 0.717) is 5.92 Å². The molecular formula is C21H32O2. The van der Waals surface area contributed by atoms with Crippen molar-refractivity contribution < 1.29 is 9.84 Å². The number of ether oxygens (including phenoxy) is 1. The number of benzene rings is 1. The molecule has 3 rings (SSSR count). The van der Waals surface area contributed by atoms with Gasteiger partial charge in [0.2, 0.25) is 0 Å². The zero-order valence-corrected chi connectivity index (χ0v) is 14.5. The van der Waals surface area contributed by atoms with Gasteiger partial charge in [-0.05, 0) is 61.5 Å². The summed E-state index contributed by atoms with van der Waals surface area (Å²) >= 11 is 0. The van der Waals surface area contributed by atoms with Crippen molar-refractivity contribution >= 4 is 0 Å². The number of rotatable bonds is 5. The molecule has 2 unspecified atom stereocenters. The molecule has 1 aromatic carbocycles. The van der Waals surface area contributed by atoms with E-state index < -0.39 is 0 Å². The summed E-state index contributed by atoms with van der Waals surface area (Å²) in [5.74, 6) is 2.26. The molecule has 23 heavy (non-hydrogen) atoms. The molecule has 128 valence electrons. The van der Waals surface area contributed by atoms with Gasteiger partial charge in [0.15, 0.2) is 0 Å². The van der Waals surface area contributed by atoms with Gasteiger partial charge in [0.05, 0.1) is 19.3 Å². The maximum Gasteiger partial charge on any atom is 0.0806 e. The van der Waals surface area contributed by atoms with Crippen LogP contribution in [0.25, 0.3) is 0 Å². The van der Waals surface area contributed by atoms with E-state index in [9.17, 15) is 0 Å². The predicted molar refractivity (Wildman–Crippen MR) is 94.8 cm³/mol. The second-order valence-electron chi connectivity index (χ2n) is 7.59. The van der Waals surface area contributed by atoms with Crippen molar-refractivity contribution in [1.29, 1.82) is 0 Å². The summed E-state index contributed by atoms with van der Waals surface area (Å²) in [6, 6.07) is 9.36. The summed E-state index contributed by atoms with van der Waals surface area (Å²) in [7, 11) is 0. The molecule has 0 radical (unpaired) electrons. The van der Waals surface area contributed by atoms with E-state index in [1.165, 1.54) is 49.7 Å². The third-order valence-corrected chi connectivity index (χ3v) is 6.00. The van der Waals surface area contributed by atoms with Crippen molar-refractivity contribution in [1.82, 2.24) is 0 Å². The monoisotopic (exact) mass is 316 g/mol. The average molecular weight is 316 g/mol. The Morgan fingerprint density at radius 3 is 2.04 bits per heavy atom. The zero-order chi connectivity index (χ0) is 16.1. The first-order chi connectivity index (χ1) is 11.3. The summed E-state index contributed by atoms with van der Waals surface area (Å²) in [6.45, 7) is 3.22. The number of hydrogen-bond acceptors (Lipinski definition) is 2. The third-order valence-electron chi connectivity index (χ3n) is 6.00. The van der Waals surface area contributed by atoms with Gasteiger partial charge in [0.1, 0.15) is 0 Å². The van der Waals surface area contributed by atoms with Crippen molar-refractivity contribution in [2.24, 2.45) is 5.92 Å². The first-order valence-corrected chi connectivity index (χ1v) is 9.62. The Balaban J connectivity index is 1.53. The lowest BCUT2D eigenvalue weighted by Gasteiger charge is -2.30. The summed E-state index contributed by atoms with van der Waals surface area (Å²) in [5, 5.41) is 9.16. The molecule has 2 aliphatic rings. The number of aliphatic hydroxyl groups is 1. The first-order valence-electron chi connectivity index (χ1n) is 9.62. The molecule has 0 bridgehead atoms. The van der Waals surface area contributed by atoms with Crippen LogP contribution in [0.5, 0.6) is 0 Å². The van der Waals surface area contributed by atoms with Crippen LogP contribution >= 0.6 is 0 Å². The lowest BCUT2D eigenvalue weighted by Crippen LogP contribution is -2.27. The molecule has 2 atom stereocenters. The van der Waals surface area contributed by atoms with E-state index in [1.807, 2.05) is 0 Å². The molecule has 0 aromatic heterocycles. The summed E-state index contributed by atoms with van der Waals surface area (Å²) in [4.78, 5) is 0. The van der Waals surface area contributed by atoms with Crippen LogP contribution in [0.15, 0.2) is 24.3 Å². The second-order valence-corrected chi connectivity index (χ2v) is 7.59. The SMILES string of the molecule is CCCC1CCC(c2ccc(C3CCC(CO)OC3)cc2)CC1. The molecule has 1 heterocycles. The minimum Gasteiger partial charge on any atom is -0.394 e. The predicted octanol–water partition coefficient (Wildman–Crippen LogP) is 5.02. The topological polar surface area (TPSA) is 29.5 Å². The lowest BCUT2D eigenvalue weighted by molar-refractivity contribution is -0.0269. The van der Waals surface area contributed by atoms with Crippen molar-refractivity contribution in [2.45, 2.75) is 76.2 Å². The fourth-order valence-electron chi connectivity index (χ4n) is 4.45. The summed E-state index contributed by atoms with van der Waals surface area (Å²) in [5.41, 5.74) is 2.94. The molecule has 1 aliphatic heterocycles. The van der Waals surface area contributed by atoms with Crippen molar-refractivity contribution in [3.63, 3.8) is 0 Å². The fraction of sp³-hybridized carbons (Fsp3) is 0.714. The van der Waals surface area contributed by atoms with Crippen LogP contribution in [0.2, 0.25) is 0 Å². The Hall–Kier alpha value is -0.860. The lowest BCUT2D eigenvalue weighted by atomic mass is 9.77. The second kappa shape index (κ2) is 8.30. The average Bonchev–Trinajstić information content (AvgIpc) is 2.63. The molecule has 1 aliphatic carbocycles. The minimum absolute atomic E-state index is 0.0591. The van der Waals surface area contributed by atoms with Gasteiger partial charge in [-0.15, -0.1) is 0 Å². The maximum atomic E-state index is 9.16. The van der Waals surface area contributed by atoms with Gasteiger partial charge in [-0.3, -0.25) is 0 Å². The van der Waals surface area contributed by atoms with Crippen molar-refractivity contribution in [2.75, 3.05) is 13.2 Å². The van der Waals surface area contributed by atoms with Crippen LogP contribution < -0.4 is 0 Å². The molecule has 0 amide bonds. The molecule has 2 nitrogen and oxygen atoms in total. The Morgan fingerprint density at radius 2 is 1.52 bits per heavy atom. The normalized spacial score (nSPS) is 31.9. The van der Waals surface area contributed by atoms with Crippen LogP contribution in [0, 0.1) is 5.92 Å². The van der Waals surface area contributed by atoms with Crippen LogP contribution in [-0.2, 0) is 4.74 Å². The van der Waals surface area contributed by atoms with Crippen LogP contribution in [-0.4, -0.2) is 24.4 Å². The Morgan fingerprint density at radius 1 is 0.913 bits per heavy atom. The minimum atomic E-state index is 0.0591. The Bertz CT molecular complexity index is 451. The molecule has 0 spiro atoms. The van der Waals surface area contributed by atoms with Gasteiger partial charge >= 0.3 is 0 Å². The smallest absolute Gasteiger partial charge is 0.0806 e. The molecule has 2 heteroatoms. The van der Waals surface area contributed by atoms with Gasteiger partial charge in [-0.2, -0.15) is 0 Å². The number of aliphatic hydroxyl groups excluding tert-OH is 1. The van der Waals surface area contributed by atoms with Gasteiger partial charge in [0, 0.05) is 5.92 Å². The van der Waals surface area contributed by atoms with Crippen LogP contribution in [0.1, 0.15) is 81.3 Å². The highest BCUT2D eigenvalue weighted by Gasteiger charge is 2.24. The van der Waals surface area contributed by atoms with Crippen molar-refractivity contribution in [3.05, 3.63) is 35.4 Å². The molecule has 1 N–H and O–H groups in total. The fourth-order valence-corrected chi connectivity index (χ4v) is 4.45.